The lowest BCUT2D eigenvalue weighted by molar-refractivity contribution is 0.665. The van der Waals surface area contributed by atoms with Crippen LogP contribution in [0.4, 0.5) is 0 Å². The molecule has 1 aromatic carbocycles. The molecule has 0 saturated heterocycles. The highest BCUT2D eigenvalue weighted by atomic mass is 15.3. The van der Waals surface area contributed by atoms with Gasteiger partial charge >= 0.3 is 0 Å². The predicted molar refractivity (Wildman–Crippen MR) is 74.5 cm³/mol. The Hall–Kier alpha value is -1.61. The van der Waals surface area contributed by atoms with Gasteiger partial charge in [-0.15, -0.1) is 0 Å². The Labute approximate surface area is 109 Å². The fourth-order valence-electron chi connectivity index (χ4n) is 2.14. The highest BCUT2D eigenvalue weighted by Gasteiger charge is 2.14. The van der Waals surface area contributed by atoms with Gasteiger partial charge in [0.05, 0.1) is 17.4 Å². The topological polar surface area (TPSA) is 43.8 Å². The summed E-state index contributed by atoms with van der Waals surface area (Å²) in [6.45, 7) is 6.34. The van der Waals surface area contributed by atoms with Crippen LogP contribution in [0.2, 0.25) is 0 Å². The lowest BCUT2D eigenvalue weighted by Crippen LogP contribution is -2.16. The maximum Gasteiger partial charge on any atom is 0.0723 e. The Morgan fingerprint density at radius 2 is 1.94 bits per heavy atom. The van der Waals surface area contributed by atoms with Gasteiger partial charge in [-0.25, -0.2) is 0 Å². The molecular weight excluding hydrogens is 222 g/mol. The lowest BCUT2D eigenvalue weighted by atomic mass is 9.99. The second kappa shape index (κ2) is 4.94. The molecule has 0 aliphatic rings. The van der Waals surface area contributed by atoms with Crippen LogP contribution in [0.15, 0.2) is 24.3 Å². The van der Waals surface area contributed by atoms with Crippen molar-refractivity contribution >= 4 is 0 Å². The highest BCUT2D eigenvalue weighted by Crippen LogP contribution is 2.22. The Morgan fingerprint density at radius 3 is 2.50 bits per heavy atom. The number of benzene rings is 1. The Bertz CT molecular complexity index is 555. The third-order valence-electron chi connectivity index (χ3n) is 3.54. The van der Waals surface area contributed by atoms with E-state index in [0.717, 1.165) is 23.4 Å². The molecule has 2 rings (SSSR count). The minimum atomic E-state index is -0.109. The second-order valence-corrected chi connectivity index (χ2v) is 4.86. The van der Waals surface area contributed by atoms with Crippen molar-refractivity contribution in [3.63, 3.8) is 0 Å². The van der Waals surface area contributed by atoms with E-state index in [1.165, 1.54) is 11.1 Å². The lowest BCUT2D eigenvalue weighted by Gasteiger charge is -2.14. The molecule has 3 heteroatoms. The largest absolute Gasteiger partial charge is 0.319 e. The van der Waals surface area contributed by atoms with Crippen molar-refractivity contribution < 1.29 is 0 Å². The van der Waals surface area contributed by atoms with Gasteiger partial charge in [0.25, 0.3) is 0 Å². The van der Waals surface area contributed by atoms with Gasteiger partial charge in [0.15, 0.2) is 0 Å². The normalized spacial score (nSPS) is 12.7. The SMILES string of the molecule is CCc1cc(C(N)c2ccc(C)c(C)c2)n(C)n1. The van der Waals surface area contributed by atoms with Gasteiger partial charge in [0, 0.05) is 7.05 Å². The van der Waals surface area contributed by atoms with Crippen LogP contribution in [0.3, 0.4) is 0 Å². The summed E-state index contributed by atoms with van der Waals surface area (Å²) in [7, 11) is 1.95. The quantitative estimate of drug-likeness (QED) is 0.900. The minimum absolute atomic E-state index is 0.109. The molecule has 1 unspecified atom stereocenters. The molecule has 2 aromatic rings. The van der Waals surface area contributed by atoms with E-state index in [1.807, 2.05) is 11.7 Å². The standard InChI is InChI=1S/C15H21N3/c1-5-13-9-14(18(4)17-13)15(16)12-7-6-10(2)11(3)8-12/h6-9,15H,5,16H2,1-4H3. The van der Waals surface area contributed by atoms with Crippen molar-refractivity contribution in [2.45, 2.75) is 33.2 Å². The molecule has 1 atom stereocenters. The molecule has 0 fully saturated rings. The smallest absolute Gasteiger partial charge is 0.0723 e. The van der Waals surface area contributed by atoms with Crippen molar-refractivity contribution in [1.82, 2.24) is 9.78 Å². The first-order valence-electron chi connectivity index (χ1n) is 6.38. The van der Waals surface area contributed by atoms with Crippen LogP contribution >= 0.6 is 0 Å². The number of rotatable bonds is 3. The molecule has 0 bridgehead atoms. The van der Waals surface area contributed by atoms with Crippen LogP contribution < -0.4 is 5.73 Å². The second-order valence-electron chi connectivity index (χ2n) is 4.86. The molecule has 1 heterocycles. The van der Waals surface area contributed by atoms with Crippen LogP contribution in [0.5, 0.6) is 0 Å². The number of hydrogen-bond donors (Lipinski definition) is 1. The molecule has 1 aromatic heterocycles. The molecule has 18 heavy (non-hydrogen) atoms. The van der Waals surface area contributed by atoms with Crippen molar-refractivity contribution in [2.75, 3.05) is 0 Å². The van der Waals surface area contributed by atoms with Gasteiger partial charge in [-0.1, -0.05) is 25.1 Å². The van der Waals surface area contributed by atoms with E-state index < -0.39 is 0 Å². The molecule has 0 radical (unpaired) electrons. The Kier molecular flexibility index (Phi) is 3.53. The summed E-state index contributed by atoms with van der Waals surface area (Å²) >= 11 is 0. The molecule has 0 aliphatic carbocycles. The monoisotopic (exact) mass is 243 g/mol. The van der Waals surface area contributed by atoms with Crippen LogP contribution in [0.1, 0.15) is 41.0 Å². The molecule has 0 spiro atoms. The van der Waals surface area contributed by atoms with Crippen LogP contribution in [0, 0.1) is 13.8 Å². The highest BCUT2D eigenvalue weighted by molar-refractivity contribution is 5.35. The minimum Gasteiger partial charge on any atom is -0.319 e. The Morgan fingerprint density at radius 1 is 1.22 bits per heavy atom. The molecule has 3 nitrogen and oxygen atoms in total. The van der Waals surface area contributed by atoms with E-state index in [1.54, 1.807) is 0 Å². The third-order valence-corrected chi connectivity index (χ3v) is 3.54. The van der Waals surface area contributed by atoms with E-state index in [0.29, 0.717) is 0 Å². The molecule has 2 N–H and O–H groups in total. The third kappa shape index (κ3) is 2.31. The average Bonchev–Trinajstić information content (AvgIpc) is 2.73. The first kappa shape index (κ1) is 12.8. The number of hydrogen-bond acceptors (Lipinski definition) is 2. The maximum atomic E-state index is 6.34. The van der Waals surface area contributed by atoms with Crippen LogP contribution in [-0.4, -0.2) is 9.78 Å². The van der Waals surface area contributed by atoms with Gasteiger partial charge in [-0.05, 0) is 43.0 Å². The molecule has 0 aliphatic heterocycles. The zero-order valence-electron chi connectivity index (χ0n) is 11.6. The molecule has 0 amide bonds. The summed E-state index contributed by atoms with van der Waals surface area (Å²) in [6, 6.07) is 8.38. The van der Waals surface area contributed by atoms with Gasteiger partial charge < -0.3 is 5.73 Å². The molecule has 0 saturated carbocycles. The zero-order valence-corrected chi connectivity index (χ0v) is 11.6. The number of aryl methyl sites for hydroxylation is 4. The summed E-state index contributed by atoms with van der Waals surface area (Å²) in [5.41, 5.74) is 12.2. The predicted octanol–water partition coefficient (Wildman–Crippen LogP) is 2.65. The van der Waals surface area contributed by atoms with E-state index >= 15 is 0 Å². The fraction of sp³-hybridized carbons (Fsp3) is 0.400. The van der Waals surface area contributed by atoms with Crippen LogP contribution in [-0.2, 0) is 13.5 Å². The number of nitrogens with zero attached hydrogens (tertiary/aromatic N) is 2. The molecule has 96 valence electrons. The first-order chi connectivity index (χ1) is 8.52. The summed E-state index contributed by atoms with van der Waals surface area (Å²) in [6.07, 6.45) is 0.938. The van der Waals surface area contributed by atoms with Gasteiger partial charge in [-0.3, -0.25) is 4.68 Å². The van der Waals surface area contributed by atoms with E-state index in [-0.39, 0.29) is 6.04 Å². The zero-order chi connectivity index (χ0) is 13.3. The van der Waals surface area contributed by atoms with Crippen molar-refractivity contribution in [3.05, 3.63) is 52.3 Å². The number of aromatic nitrogens is 2. The van der Waals surface area contributed by atoms with Gasteiger partial charge in [-0.2, -0.15) is 5.10 Å². The number of nitrogens with two attached hydrogens (primary N) is 1. The fourth-order valence-corrected chi connectivity index (χ4v) is 2.14. The van der Waals surface area contributed by atoms with Crippen molar-refractivity contribution in [1.29, 1.82) is 0 Å². The van der Waals surface area contributed by atoms with E-state index in [2.05, 4.69) is 50.1 Å². The molecular formula is C15H21N3. The summed E-state index contributed by atoms with van der Waals surface area (Å²) in [5, 5.41) is 4.45. The Balaban J connectivity index is 2.37. The van der Waals surface area contributed by atoms with Crippen molar-refractivity contribution in [3.8, 4) is 0 Å². The van der Waals surface area contributed by atoms with E-state index in [4.69, 9.17) is 5.73 Å². The maximum absolute atomic E-state index is 6.34. The van der Waals surface area contributed by atoms with Gasteiger partial charge in [0.1, 0.15) is 0 Å². The summed E-state index contributed by atoms with van der Waals surface area (Å²) in [5.74, 6) is 0. The van der Waals surface area contributed by atoms with E-state index in [9.17, 15) is 0 Å². The summed E-state index contributed by atoms with van der Waals surface area (Å²) < 4.78 is 1.89. The van der Waals surface area contributed by atoms with Crippen molar-refractivity contribution in [2.24, 2.45) is 12.8 Å². The average molecular weight is 243 g/mol. The van der Waals surface area contributed by atoms with Crippen LogP contribution in [0.25, 0.3) is 0 Å². The van der Waals surface area contributed by atoms with Gasteiger partial charge in [0.2, 0.25) is 0 Å². The first-order valence-corrected chi connectivity index (χ1v) is 6.38. The summed E-state index contributed by atoms with van der Waals surface area (Å²) in [4.78, 5) is 0.